The number of benzene rings is 2. The van der Waals surface area contributed by atoms with Crippen LogP contribution in [0.3, 0.4) is 0 Å². The van der Waals surface area contributed by atoms with Gasteiger partial charge in [-0.3, -0.25) is 14.3 Å². The fourth-order valence-electron chi connectivity index (χ4n) is 4.42. The number of fused-ring (bicyclic) bond motifs is 2. The molecule has 1 saturated heterocycles. The van der Waals surface area contributed by atoms with E-state index in [-0.39, 0.29) is 23.7 Å². The van der Waals surface area contributed by atoms with Crippen molar-refractivity contribution in [1.82, 2.24) is 19.7 Å². The zero-order valence-corrected chi connectivity index (χ0v) is 21.7. The summed E-state index contributed by atoms with van der Waals surface area (Å²) in [6.45, 7) is 6.29. The molecule has 204 valence electrons. The number of imide groups is 1. The van der Waals surface area contributed by atoms with E-state index in [0.29, 0.717) is 30.4 Å². The van der Waals surface area contributed by atoms with Crippen molar-refractivity contribution in [2.45, 2.75) is 39.0 Å². The van der Waals surface area contributed by atoms with Crippen molar-refractivity contribution >= 4 is 34.8 Å². The van der Waals surface area contributed by atoms with Crippen molar-refractivity contribution in [3.8, 4) is 5.75 Å². The van der Waals surface area contributed by atoms with Gasteiger partial charge < -0.3 is 19.5 Å². The minimum absolute atomic E-state index is 0.186. The van der Waals surface area contributed by atoms with Crippen molar-refractivity contribution in [2.75, 3.05) is 19.7 Å². The lowest BCUT2D eigenvalue weighted by atomic mass is 10.0. The maximum absolute atomic E-state index is 12.9. The lowest BCUT2D eigenvalue weighted by Gasteiger charge is -2.36. The SMILES string of the molecule is CC(C)(C)OC(=O)[C@H](COc1ccc2nn(CC3CN(C(=O)O)C3)cc2c1)ON1C(=O)c2ccccc2C1=O. The molecule has 1 N–H and O–H groups in total. The van der Waals surface area contributed by atoms with Crippen molar-refractivity contribution in [1.29, 1.82) is 0 Å². The smallest absolute Gasteiger partial charge is 0.407 e. The summed E-state index contributed by atoms with van der Waals surface area (Å²) < 4.78 is 13.1. The highest BCUT2D eigenvalue weighted by molar-refractivity contribution is 6.20. The zero-order valence-electron chi connectivity index (χ0n) is 21.7. The first kappa shape index (κ1) is 26.2. The van der Waals surface area contributed by atoms with Gasteiger partial charge in [0.1, 0.15) is 18.0 Å². The van der Waals surface area contributed by atoms with Gasteiger partial charge in [0.15, 0.2) is 0 Å². The second-order valence-corrected chi connectivity index (χ2v) is 10.5. The molecule has 0 aliphatic carbocycles. The van der Waals surface area contributed by atoms with Crippen molar-refractivity contribution < 1.29 is 38.6 Å². The molecule has 1 aromatic heterocycles. The zero-order chi connectivity index (χ0) is 27.9. The van der Waals surface area contributed by atoms with E-state index in [1.807, 2.05) is 6.20 Å². The van der Waals surface area contributed by atoms with E-state index < -0.39 is 35.6 Å². The molecule has 1 fully saturated rings. The molecule has 12 heteroatoms. The first-order valence-electron chi connectivity index (χ1n) is 12.4. The summed E-state index contributed by atoms with van der Waals surface area (Å²) in [6.07, 6.45) is -0.484. The molecule has 5 rings (SSSR count). The van der Waals surface area contributed by atoms with Crippen LogP contribution in [0.4, 0.5) is 4.79 Å². The molecule has 0 radical (unpaired) electrons. The first-order valence-corrected chi connectivity index (χ1v) is 12.4. The molecule has 1 atom stereocenters. The number of carbonyl (C=O) groups excluding carboxylic acids is 3. The highest BCUT2D eigenvalue weighted by atomic mass is 16.7. The van der Waals surface area contributed by atoms with Crippen molar-refractivity contribution in [2.24, 2.45) is 5.92 Å². The summed E-state index contributed by atoms with van der Waals surface area (Å²) in [5.74, 6) is -1.52. The molecule has 2 aliphatic rings. The Morgan fingerprint density at radius 3 is 2.36 bits per heavy atom. The topological polar surface area (TPSA) is 140 Å². The van der Waals surface area contributed by atoms with Crippen molar-refractivity contribution in [3.63, 3.8) is 0 Å². The Hall–Kier alpha value is -4.45. The van der Waals surface area contributed by atoms with Gasteiger partial charge in [0.05, 0.1) is 16.6 Å². The number of amides is 3. The molecule has 12 nitrogen and oxygen atoms in total. The monoisotopic (exact) mass is 536 g/mol. The van der Waals surface area contributed by atoms with Gasteiger partial charge in [-0.2, -0.15) is 5.10 Å². The van der Waals surface area contributed by atoms with Crippen LogP contribution in [0.15, 0.2) is 48.7 Å². The average molecular weight is 537 g/mol. The lowest BCUT2D eigenvalue weighted by molar-refractivity contribution is -0.193. The molecular formula is C27H28N4O8. The maximum atomic E-state index is 12.9. The molecular weight excluding hydrogens is 508 g/mol. The Bertz CT molecular complexity index is 1420. The van der Waals surface area contributed by atoms with Crippen LogP contribution in [-0.4, -0.2) is 80.1 Å². The molecule has 3 aromatic rings. The number of esters is 1. The Morgan fingerprint density at radius 2 is 1.74 bits per heavy atom. The number of hydrogen-bond acceptors (Lipinski definition) is 8. The van der Waals surface area contributed by atoms with Crippen LogP contribution >= 0.6 is 0 Å². The largest absolute Gasteiger partial charge is 0.490 e. The molecule has 39 heavy (non-hydrogen) atoms. The Labute approximate surface area is 223 Å². The standard InChI is InChI=1S/C27H28N4O8/c1-27(2,3)38-25(34)22(39-31-23(32)19-6-4-5-7-20(19)24(31)33)15-37-18-8-9-21-17(10-18)14-30(28-21)13-16-11-29(12-16)26(35)36/h4-10,14,16,22H,11-13,15H2,1-3H3,(H,35,36)/t22-/m0/s1. The van der Waals surface area contributed by atoms with Crippen LogP contribution in [0, 0.1) is 5.92 Å². The van der Waals surface area contributed by atoms with E-state index in [1.165, 1.54) is 17.0 Å². The molecule has 3 amide bonds. The number of nitrogens with zero attached hydrogens (tertiary/aromatic N) is 4. The number of carbonyl (C=O) groups is 4. The van der Waals surface area contributed by atoms with Crippen LogP contribution in [0.5, 0.6) is 5.75 Å². The van der Waals surface area contributed by atoms with Crippen LogP contribution in [0.2, 0.25) is 0 Å². The summed E-state index contributed by atoms with van der Waals surface area (Å²) in [4.78, 5) is 56.4. The van der Waals surface area contributed by atoms with E-state index in [2.05, 4.69) is 5.10 Å². The van der Waals surface area contributed by atoms with Gasteiger partial charge in [0.25, 0.3) is 11.8 Å². The molecule has 2 aromatic carbocycles. The second-order valence-electron chi connectivity index (χ2n) is 10.5. The normalized spacial score (nSPS) is 16.3. The van der Waals surface area contributed by atoms with Crippen LogP contribution in [-0.2, 0) is 20.9 Å². The number of rotatable bonds is 8. The third-order valence-corrected chi connectivity index (χ3v) is 6.26. The predicted molar refractivity (Wildman–Crippen MR) is 136 cm³/mol. The third kappa shape index (κ3) is 5.55. The van der Waals surface area contributed by atoms with Gasteiger partial charge in [0, 0.05) is 37.1 Å². The highest BCUT2D eigenvalue weighted by Crippen LogP contribution is 2.26. The summed E-state index contributed by atoms with van der Waals surface area (Å²) >= 11 is 0. The molecule has 2 aliphatic heterocycles. The predicted octanol–water partition coefficient (Wildman–Crippen LogP) is 2.96. The summed E-state index contributed by atoms with van der Waals surface area (Å²) in [6, 6.07) is 11.5. The average Bonchev–Trinajstić information content (AvgIpc) is 3.35. The molecule has 0 unspecified atom stereocenters. The van der Waals surface area contributed by atoms with Crippen LogP contribution in [0.25, 0.3) is 10.9 Å². The Balaban J connectivity index is 1.27. The summed E-state index contributed by atoms with van der Waals surface area (Å²) in [7, 11) is 0. The van der Waals surface area contributed by atoms with Crippen molar-refractivity contribution in [3.05, 3.63) is 59.8 Å². The van der Waals surface area contributed by atoms with Gasteiger partial charge in [-0.05, 0) is 51.1 Å². The number of hydrogen-bond donors (Lipinski definition) is 1. The van der Waals surface area contributed by atoms with E-state index >= 15 is 0 Å². The molecule has 0 saturated carbocycles. The highest BCUT2D eigenvalue weighted by Gasteiger charge is 2.40. The molecule has 0 bridgehead atoms. The summed E-state index contributed by atoms with van der Waals surface area (Å²) in [5, 5.41) is 14.9. The third-order valence-electron chi connectivity index (χ3n) is 6.26. The fourth-order valence-corrected chi connectivity index (χ4v) is 4.42. The van der Waals surface area contributed by atoms with E-state index in [9.17, 15) is 19.2 Å². The maximum Gasteiger partial charge on any atom is 0.407 e. The van der Waals surface area contributed by atoms with E-state index in [1.54, 1.807) is 55.8 Å². The molecule has 0 spiro atoms. The number of likely N-dealkylation sites (tertiary alicyclic amines) is 1. The van der Waals surface area contributed by atoms with E-state index in [0.717, 1.165) is 10.9 Å². The lowest BCUT2D eigenvalue weighted by Crippen LogP contribution is -2.50. The summed E-state index contributed by atoms with van der Waals surface area (Å²) in [5.41, 5.74) is 0.261. The van der Waals surface area contributed by atoms with Crippen LogP contribution in [0.1, 0.15) is 41.5 Å². The molecule has 3 heterocycles. The van der Waals surface area contributed by atoms with Crippen LogP contribution < -0.4 is 4.74 Å². The van der Waals surface area contributed by atoms with Gasteiger partial charge in [0.2, 0.25) is 6.10 Å². The fraction of sp³-hybridized carbons (Fsp3) is 0.370. The number of aromatic nitrogens is 2. The quantitative estimate of drug-likeness (QED) is 0.340. The number of ether oxygens (including phenoxy) is 2. The van der Waals surface area contributed by atoms with Gasteiger partial charge in [-0.1, -0.05) is 12.1 Å². The minimum Gasteiger partial charge on any atom is -0.490 e. The Kier molecular flexibility index (Phi) is 6.73. The van der Waals surface area contributed by atoms with Gasteiger partial charge >= 0.3 is 12.1 Å². The van der Waals surface area contributed by atoms with Gasteiger partial charge in [-0.15, -0.1) is 5.06 Å². The van der Waals surface area contributed by atoms with E-state index in [4.69, 9.17) is 19.4 Å². The number of carboxylic acid groups (broad SMARTS) is 1. The number of hydroxylamine groups is 2. The van der Waals surface area contributed by atoms with Gasteiger partial charge in [-0.25, -0.2) is 14.4 Å². The Morgan fingerprint density at radius 1 is 1.08 bits per heavy atom. The minimum atomic E-state index is -1.40. The first-order chi connectivity index (χ1) is 18.5. The second kappa shape index (κ2) is 10.0.